The Bertz CT molecular complexity index is 766. The average Bonchev–Trinajstić information content (AvgIpc) is 2.62. The third-order valence-corrected chi connectivity index (χ3v) is 4.22. The maximum absolute atomic E-state index is 12.4. The molecule has 0 atom stereocenters. The summed E-state index contributed by atoms with van der Waals surface area (Å²) in [4.78, 5) is 24.7. The number of anilines is 1. The number of amides is 1. The van der Waals surface area contributed by atoms with Crippen molar-refractivity contribution in [2.24, 2.45) is 0 Å². The van der Waals surface area contributed by atoms with Gasteiger partial charge in [0.1, 0.15) is 11.9 Å². The number of pyridine rings is 2. The lowest BCUT2D eigenvalue weighted by molar-refractivity contribution is -0.130. The molecule has 1 aliphatic rings. The predicted molar refractivity (Wildman–Crippen MR) is 90.7 cm³/mol. The third kappa shape index (κ3) is 3.63. The highest BCUT2D eigenvalue weighted by Crippen LogP contribution is 2.25. The second-order valence-electron chi connectivity index (χ2n) is 5.51. The zero-order valence-corrected chi connectivity index (χ0v) is 13.8. The van der Waals surface area contributed by atoms with Crippen LogP contribution in [0.2, 0.25) is 5.02 Å². The summed E-state index contributed by atoms with van der Waals surface area (Å²) >= 11 is 6.20. The molecular formula is C17H16ClN5O. The molecule has 0 aromatic carbocycles. The maximum Gasteiger partial charge on any atom is 0.228 e. The molecule has 0 spiro atoms. The Hall–Kier alpha value is -2.65. The van der Waals surface area contributed by atoms with E-state index >= 15 is 0 Å². The van der Waals surface area contributed by atoms with Crippen molar-refractivity contribution in [1.82, 2.24) is 14.9 Å². The van der Waals surface area contributed by atoms with E-state index < -0.39 is 0 Å². The normalized spacial score (nSPS) is 14.3. The molecule has 1 saturated heterocycles. The highest BCUT2D eigenvalue weighted by Gasteiger charge is 2.23. The van der Waals surface area contributed by atoms with Crippen LogP contribution in [0.1, 0.15) is 11.3 Å². The van der Waals surface area contributed by atoms with Gasteiger partial charge in [-0.15, -0.1) is 0 Å². The van der Waals surface area contributed by atoms with E-state index in [0.29, 0.717) is 49.0 Å². The van der Waals surface area contributed by atoms with Crippen LogP contribution in [0.3, 0.4) is 0 Å². The first-order valence-corrected chi connectivity index (χ1v) is 8.03. The van der Waals surface area contributed by atoms with Gasteiger partial charge in [0.2, 0.25) is 5.91 Å². The first-order chi connectivity index (χ1) is 11.7. The number of carbonyl (C=O) groups is 1. The molecular weight excluding hydrogens is 326 g/mol. The van der Waals surface area contributed by atoms with Crippen molar-refractivity contribution < 1.29 is 4.79 Å². The topological polar surface area (TPSA) is 73.1 Å². The first-order valence-electron chi connectivity index (χ1n) is 7.65. The Morgan fingerprint density at radius 1 is 1.25 bits per heavy atom. The van der Waals surface area contributed by atoms with Gasteiger partial charge in [-0.25, -0.2) is 4.98 Å². The Morgan fingerprint density at radius 3 is 2.67 bits per heavy atom. The van der Waals surface area contributed by atoms with E-state index in [2.05, 4.69) is 9.97 Å². The molecule has 3 rings (SSSR count). The molecule has 0 unspecified atom stereocenters. The first kappa shape index (κ1) is 16.2. The number of nitriles is 1. The number of nitrogens with zero attached hydrogens (tertiary/aromatic N) is 5. The molecule has 2 aromatic rings. The number of aromatic nitrogens is 2. The van der Waals surface area contributed by atoms with Gasteiger partial charge in [0, 0.05) is 44.3 Å². The summed E-state index contributed by atoms with van der Waals surface area (Å²) in [5, 5.41) is 9.33. The van der Waals surface area contributed by atoms with Crippen LogP contribution >= 0.6 is 11.6 Å². The van der Waals surface area contributed by atoms with Crippen molar-refractivity contribution in [3.05, 3.63) is 52.9 Å². The van der Waals surface area contributed by atoms with E-state index in [-0.39, 0.29) is 5.91 Å². The van der Waals surface area contributed by atoms with Crippen molar-refractivity contribution in [3.63, 3.8) is 0 Å². The van der Waals surface area contributed by atoms with Gasteiger partial charge in [0.25, 0.3) is 0 Å². The van der Waals surface area contributed by atoms with Crippen molar-refractivity contribution in [2.45, 2.75) is 6.42 Å². The lowest BCUT2D eigenvalue weighted by Gasteiger charge is -2.35. The molecule has 1 fully saturated rings. The molecule has 122 valence electrons. The number of halogens is 1. The highest BCUT2D eigenvalue weighted by atomic mass is 35.5. The van der Waals surface area contributed by atoms with Crippen LogP contribution in [-0.4, -0.2) is 47.0 Å². The lowest BCUT2D eigenvalue weighted by Crippen LogP contribution is -2.49. The van der Waals surface area contributed by atoms with Gasteiger partial charge in [0.15, 0.2) is 0 Å². The summed E-state index contributed by atoms with van der Waals surface area (Å²) in [5.74, 6) is 0.736. The van der Waals surface area contributed by atoms with Crippen LogP contribution in [0.15, 0.2) is 36.7 Å². The van der Waals surface area contributed by atoms with Crippen molar-refractivity contribution in [2.75, 3.05) is 31.1 Å². The Kier molecular flexibility index (Phi) is 4.92. The van der Waals surface area contributed by atoms with Crippen molar-refractivity contribution in [1.29, 1.82) is 5.26 Å². The van der Waals surface area contributed by atoms with E-state index in [0.717, 1.165) is 5.69 Å². The minimum atomic E-state index is 0.0761. The average molecular weight is 342 g/mol. The van der Waals surface area contributed by atoms with E-state index in [1.165, 1.54) is 6.20 Å². The van der Waals surface area contributed by atoms with Gasteiger partial charge in [0.05, 0.1) is 17.0 Å². The molecule has 24 heavy (non-hydrogen) atoms. The van der Waals surface area contributed by atoms with Gasteiger partial charge < -0.3 is 9.80 Å². The minimum Gasteiger partial charge on any atom is -0.352 e. The second-order valence-corrected chi connectivity index (χ2v) is 5.91. The summed E-state index contributed by atoms with van der Waals surface area (Å²) < 4.78 is 0. The fourth-order valence-corrected chi connectivity index (χ4v) is 2.95. The lowest BCUT2D eigenvalue weighted by atomic mass is 10.2. The Labute approximate surface area is 145 Å². The number of piperazine rings is 1. The quantitative estimate of drug-likeness (QED) is 0.852. The SMILES string of the molecule is N#Cc1cnc(N2CCN(C(=O)Cc3ccccn3)CC2)c(Cl)c1. The summed E-state index contributed by atoms with van der Waals surface area (Å²) in [5.41, 5.74) is 1.22. The van der Waals surface area contributed by atoms with Gasteiger partial charge >= 0.3 is 0 Å². The molecule has 6 nitrogen and oxygen atoms in total. The Morgan fingerprint density at radius 2 is 2.04 bits per heavy atom. The summed E-state index contributed by atoms with van der Waals surface area (Å²) in [6.07, 6.45) is 3.52. The molecule has 0 bridgehead atoms. The smallest absolute Gasteiger partial charge is 0.228 e. The summed E-state index contributed by atoms with van der Waals surface area (Å²) in [7, 11) is 0. The van der Waals surface area contributed by atoms with E-state index in [9.17, 15) is 4.79 Å². The van der Waals surface area contributed by atoms with E-state index in [4.69, 9.17) is 16.9 Å². The number of rotatable bonds is 3. The van der Waals surface area contributed by atoms with Crippen LogP contribution in [0, 0.1) is 11.3 Å². The van der Waals surface area contributed by atoms with Crippen LogP contribution < -0.4 is 4.90 Å². The number of carbonyl (C=O) groups excluding carboxylic acids is 1. The highest BCUT2D eigenvalue weighted by molar-refractivity contribution is 6.33. The fourth-order valence-electron chi connectivity index (χ4n) is 2.66. The van der Waals surface area contributed by atoms with E-state index in [1.54, 1.807) is 12.3 Å². The van der Waals surface area contributed by atoms with Crippen LogP contribution in [0.5, 0.6) is 0 Å². The number of hydrogen-bond acceptors (Lipinski definition) is 5. The van der Waals surface area contributed by atoms with Gasteiger partial charge in [-0.3, -0.25) is 9.78 Å². The number of hydrogen-bond donors (Lipinski definition) is 0. The third-order valence-electron chi connectivity index (χ3n) is 3.94. The zero-order chi connectivity index (χ0) is 16.9. The van der Waals surface area contributed by atoms with Crippen LogP contribution in [0.4, 0.5) is 5.82 Å². The van der Waals surface area contributed by atoms with E-state index in [1.807, 2.05) is 34.1 Å². The molecule has 7 heteroatoms. The summed E-state index contributed by atoms with van der Waals surface area (Å²) in [6, 6.07) is 9.20. The van der Waals surface area contributed by atoms with Crippen molar-refractivity contribution in [3.8, 4) is 6.07 Å². The molecule has 0 saturated carbocycles. The van der Waals surface area contributed by atoms with Crippen molar-refractivity contribution >= 4 is 23.3 Å². The fraction of sp³-hybridized carbons (Fsp3) is 0.294. The molecule has 2 aromatic heterocycles. The molecule has 1 amide bonds. The maximum atomic E-state index is 12.4. The Balaban J connectivity index is 1.60. The molecule has 0 N–H and O–H groups in total. The second kappa shape index (κ2) is 7.28. The minimum absolute atomic E-state index is 0.0761. The summed E-state index contributed by atoms with van der Waals surface area (Å²) in [6.45, 7) is 2.55. The van der Waals surface area contributed by atoms with Gasteiger partial charge in [-0.05, 0) is 18.2 Å². The molecule has 1 aliphatic heterocycles. The standard InChI is InChI=1S/C17H16ClN5O/c18-15-9-13(11-19)12-21-17(15)23-7-5-22(6-8-23)16(24)10-14-3-1-2-4-20-14/h1-4,9,12H,5-8,10H2. The predicted octanol–water partition coefficient (Wildman–Crippen LogP) is 1.89. The van der Waals surface area contributed by atoms with Gasteiger partial charge in [-0.2, -0.15) is 5.26 Å². The van der Waals surface area contributed by atoms with Gasteiger partial charge in [-0.1, -0.05) is 17.7 Å². The van der Waals surface area contributed by atoms with Crippen LogP contribution in [-0.2, 0) is 11.2 Å². The van der Waals surface area contributed by atoms with Crippen LogP contribution in [0.25, 0.3) is 0 Å². The molecule has 0 aliphatic carbocycles. The molecule has 3 heterocycles. The molecule has 0 radical (unpaired) electrons. The zero-order valence-electron chi connectivity index (χ0n) is 13.0. The largest absolute Gasteiger partial charge is 0.352 e. The monoisotopic (exact) mass is 341 g/mol.